The number of furan rings is 1. The Morgan fingerprint density at radius 1 is 1.64 bits per heavy atom. The van der Waals surface area contributed by atoms with Crippen molar-refractivity contribution in [3.63, 3.8) is 0 Å². The smallest absolute Gasteiger partial charge is 0.240 e. The van der Waals surface area contributed by atoms with Crippen molar-refractivity contribution in [2.24, 2.45) is 0 Å². The lowest BCUT2D eigenvalue weighted by atomic mass is 10.3. The highest BCUT2D eigenvalue weighted by Crippen LogP contribution is 2.23. The summed E-state index contributed by atoms with van der Waals surface area (Å²) in [6.45, 7) is 1.86. The summed E-state index contributed by atoms with van der Waals surface area (Å²) in [5.74, 6) is 0.195. The van der Waals surface area contributed by atoms with Gasteiger partial charge in [-0.05, 0) is 28.9 Å². The number of rotatable bonds is 2. The number of ketones is 1. The fraction of sp³-hybridized carbons (Fsp3) is 0.111. The van der Waals surface area contributed by atoms with Crippen molar-refractivity contribution >= 4 is 33.0 Å². The van der Waals surface area contributed by atoms with E-state index in [1.807, 2.05) is 6.92 Å². The predicted octanol–water partition coefficient (Wildman–Crippen LogP) is 3.04. The van der Waals surface area contributed by atoms with Crippen LogP contribution in [0.15, 0.2) is 27.4 Å². The molecule has 0 aliphatic rings. The van der Waals surface area contributed by atoms with E-state index in [1.54, 1.807) is 12.3 Å². The Morgan fingerprint density at radius 3 is 2.93 bits per heavy atom. The molecule has 0 aromatic carbocycles. The largest absolute Gasteiger partial charge is 0.460 e. The molecule has 0 aliphatic carbocycles. The molecule has 0 bridgehead atoms. The topological polar surface area (TPSA) is 43.1 Å². The number of thiazole rings is 1. The van der Waals surface area contributed by atoms with Gasteiger partial charge in [-0.1, -0.05) is 0 Å². The van der Waals surface area contributed by atoms with Gasteiger partial charge >= 0.3 is 0 Å². The zero-order valence-electron chi connectivity index (χ0n) is 7.28. The molecule has 0 radical (unpaired) electrons. The standard InChI is InChI=1S/C9H6BrNO2S/c1-5-11-4-7(14-5)8(12)9-6(10)2-3-13-9/h2-4H,1H3. The van der Waals surface area contributed by atoms with Crippen molar-refractivity contribution < 1.29 is 9.21 Å². The molecule has 2 aromatic rings. The van der Waals surface area contributed by atoms with Crippen LogP contribution in [0.1, 0.15) is 20.4 Å². The maximum Gasteiger partial charge on any atom is 0.240 e. The Bertz CT molecular complexity index is 475. The lowest BCUT2D eigenvalue weighted by Crippen LogP contribution is -1.96. The first-order valence-electron chi connectivity index (χ1n) is 3.88. The van der Waals surface area contributed by atoms with E-state index < -0.39 is 0 Å². The molecule has 2 rings (SSSR count). The van der Waals surface area contributed by atoms with Crippen LogP contribution in [0.3, 0.4) is 0 Å². The summed E-state index contributed by atoms with van der Waals surface area (Å²) < 4.78 is 5.75. The van der Waals surface area contributed by atoms with E-state index in [9.17, 15) is 4.79 Å². The predicted molar refractivity (Wildman–Crippen MR) is 56.7 cm³/mol. The normalized spacial score (nSPS) is 10.4. The van der Waals surface area contributed by atoms with Gasteiger partial charge in [-0.15, -0.1) is 11.3 Å². The molecule has 0 aliphatic heterocycles. The molecule has 14 heavy (non-hydrogen) atoms. The van der Waals surface area contributed by atoms with Gasteiger partial charge in [0, 0.05) is 6.20 Å². The molecule has 2 heterocycles. The Labute approximate surface area is 92.9 Å². The number of aryl methyl sites for hydroxylation is 1. The van der Waals surface area contributed by atoms with Crippen LogP contribution in [0.25, 0.3) is 0 Å². The van der Waals surface area contributed by atoms with Gasteiger partial charge < -0.3 is 4.42 Å². The SMILES string of the molecule is Cc1ncc(C(=O)c2occc2Br)s1. The lowest BCUT2D eigenvalue weighted by Gasteiger charge is -1.91. The molecule has 0 amide bonds. The molecule has 0 spiro atoms. The van der Waals surface area contributed by atoms with Gasteiger partial charge in [0.25, 0.3) is 0 Å². The van der Waals surface area contributed by atoms with Crippen LogP contribution >= 0.6 is 27.3 Å². The van der Waals surface area contributed by atoms with Crippen LogP contribution in [0.4, 0.5) is 0 Å². The average Bonchev–Trinajstić information content (AvgIpc) is 2.73. The van der Waals surface area contributed by atoms with Crippen LogP contribution in [0.5, 0.6) is 0 Å². The van der Waals surface area contributed by atoms with Crippen molar-refractivity contribution in [3.8, 4) is 0 Å². The van der Waals surface area contributed by atoms with Crippen molar-refractivity contribution in [2.45, 2.75) is 6.92 Å². The molecular formula is C9H6BrNO2S. The van der Waals surface area contributed by atoms with Crippen LogP contribution < -0.4 is 0 Å². The fourth-order valence-corrected chi connectivity index (χ4v) is 2.13. The van der Waals surface area contributed by atoms with Gasteiger partial charge in [0.05, 0.1) is 20.6 Å². The third-order valence-electron chi connectivity index (χ3n) is 1.67. The number of aromatic nitrogens is 1. The first-order chi connectivity index (χ1) is 6.68. The molecule has 5 heteroatoms. The van der Waals surface area contributed by atoms with Gasteiger partial charge in [-0.3, -0.25) is 4.79 Å². The molecule has 2 aromatic heterocycles. The average molecular weight is 272 g/mol. The minimum absolute atomic E-state index is 0.132. The van der Waals surface area contributed by atoms with E-state index in [-0.39, 0.29) is 5.78 Å². The monoisotopic (exact) mass is 271 g/mol. The first-order valence-corrected chi connectivity index (χ1v) is 5.49. The molecule has 0 N–H and O–H groups in total. The summed E-state index contributed by atoms with van der Waals surface area (Å²) in [5.41, 5.74) is 0. The Morgan fingerprint density at radius 2 is 2.43 bits per heavy atom. The van der Waals surface area contributed by atoms with Crippen LogP contribution in [-0.4, -0.2) is 10.8 Å². The van der Waals surface area contributed by atoms with Gasteiger partial charge in [0.1, 0.15) is 0 Å². The summed E-state index contributed by atoms with van der Waals surface area (Å²) >= 11 is 4.60. The van der Waals surface area contributed by atoms with E-state index >= 15 is 0 Å². The van der Waals surface area contributed by atoms with Crippen LogP contribution in [0.2, 0.25) is 0 Å². The number of hydrogen-bond donors (Lipinski definition) is 0. The van der Waals surface area contributed by atoms with E-state index in [0.717, 1.165) is 5.01 Å². The quantitative estimate of drug-likeness (QED) is 0.789. The Kier molecular flexibility index (Phi) is 2.52. The second kappa shape index (κ2) is 3.67. The molecule has 3 nitrogen and oxygen atoms in total. The zero-order chi connectivity index (χ0) is 10.1. The minimum atomic E-state index is -0.132. The third-order valence-corrected chi connectivity index (χ3v) is 3.20. The number of hydrogen-bond acceptors (Lipinski definition) is 4. The highest BCUT2D eigenvalue weighted by Gasteiger charge is 2.17. The van der Waals surface area contributed by atoms with Crippen LogP contribution in [0, 0.1) is 6.92 Å². The van der Waals surface area contributed by atoms with E-state index in [0.29, 0.717) is 15.1 Å². The fourth-order valence-electron chi connectivity index (χ4n) is 1.03. The molecule has 0 fully saturated rings. The highest BCUT2D eigenvalue weighted by atomic mass is 79.9. The summed E-state index contributed by atoms with van der Waals surface area (Å²) in [6, 6.07) is 1.70. The van der Waals surface area contributed by atoms with Crippen molar-refractivity contribution in [3.05, 3.63) is 38.6 Å². The molecule has 0 saturated carbocycles. The second-order valence-corrected chi connectivity index (χ2v) is 4.76. The number of halogens is 1. The maximum atomic E-state index is 11.8. The van der Waals surface area contributed by atoms with E-state index in [1.165, 1.54) is 17.6 Å². The van der Waals surface area contributed by atoms with E-state index in [2.05, 4.69) is 20.9 Å². The van der Waals surface area contributed by atoms with Crippen molar-refractivity contribution in [1.29, 1.82) is 0 Å². The molecule has 0 unspecified atom stereocenters. The summed E-state index contributed by atoms with van der Waals surface area (Å²) in [4.78, 5) is 16.4. The van der Waals surface area contributed by atoms with Crippen molar-refractivity contribution in [2.75, 3.05) is 0 Å². The molecule has 0 saturated heterocycles. The summed E-state index contributed by atoms with van der Waals surface area (Å²) in [6.07, 6.45) is 3.04. The first kappa shape index (κ1) is 9.61. The van der Waals surface area contributed by atoms with Gasteiger partial charge in [-0.25, -0.2) is 4.98 Å². The van der Waals surface area contributed by atoms with Gasteiger partial charge in [-0.2, -0.15) is 0 Å². The Balaban J connectivity index is 2.38. The zero-order valence-corrected chi connectivity index (χ0v) is 9.68. The van der Waals surface area contributed by atoms with Crippen molar-refractivity contribution in [1.82, 2.24) is 4.98 Å². The molecule has 0 atom stereocenters. The molecular weight excluding hydrogens is 266 g/mol. The molecule has 72 valence electrons. The third kappa shape index (κ3) is 1.65. The van der Waals surface area contributed by atoms with Crippen LogP contribution in [-0.2, 0) is 0 Å². The summed E-state index contributed by atoms with van der Waals surface area (Å²) in [7, 11) is 0. The van der Waals surface area contributed by atoms with Gasteiger partial charge in [0.15, 0.2) is 5.76 Å². The maximum absolute atomic E-state index is 11.8. The van der Waals surface area contributed by atoms with Gasteiger partial charge in [0.2, 0.25) is 5.78 Å². The second-order valence-electron chi connectivity index (χ2n) is 2.67. The highest BCUT2D eigenvalue weighted by molar-refractivity contribution is 9.10. The summed E-state index contributed by atoms with van der Waals surface area (Å²) in [5, 5.41) is 0.871. The number of nitrogens with zero attached hydrogens (tertiary/aromatic N) is 1. The van der Waals surface area contributed by atoms with E-state index in [4.69, 9.17) is 4.42 Å². The number of carbonyl (C=O) groups excluding carboxylic acids is 1. The lowest BCUT2D eigenvalue weighted by molar-refractivity contribution is 0.101. The minimum Gasteiger partial charge on any atom is -0.460 e. The number of carbonyl (C=O) groups is 1. The Hall–Kier alpha value is -0.940.